The lowest BCUT2D eigenvalue weighted by Gasteiger charge is -2.13. The summed E-state index contributed by atoms with van der Waals surface area (Å²) in [6.45, 7) is 0.178. The van der Waals surface area contributed by atoms with Crippen LogP contribution < -0.4 is 5.32 Å². The van der Waals surface area contributed by atoms with Crippen molar-refractivity contribution < 1.29 is 21.6 Å². The van der Waals surface area contributed by atoms with Gasteiger partial charge in [0.15, 0.2) is 0 Å². The number of sulfonamides is 1. The number of carbonyl (C=O) groups excluding carboxylic acids is 1. The summed E-state index contributed by atoms with van der Waals surface area (Å²) in [6.07, 6.45) is 6.31. The minimum absolute atomic E-state index is 0.0109. The molecule has 2 aromatic heterocycles. The van der Waals surface area contributed by atoms with Crippen molar-refractivity contribution >= 4 is 31.5 Å². The molecule has 34 heavy (non-hydrogen) atoms. The van der Waals surface area contributed by atoms with Gasteiger partial charge in [0.2, 0.25) is 25.6 Å². The lowest BCUT2D eigenvalue weighted by Crippen LogP contribution is -2.23. The summed E-state index contributed by atoms with van der Waals surface area (Å²) in [5.41, 5.74) is 1.05. The number of aromatic nitrogens is 3. The lowest BCUT2D eigenvalue weighted by atomic mass is 10.2. The first-order valence-electron chi connectivity index (χ1n) is 10.0. The molecule has 4 aromatic rings. The van der Waals surface area contributed by atoms with Gasteiger partial charge in [0.1, 0.15) is 0 Å². The Balaban J connectivity index is 1.49. The molecule has 0 saturated carbocycles. The number of benzene rings is 2. The van der Waals surface area contributed by atoms with E-state index in [9.17, 15) is 21.6 Å². The molecule has 4 rings (SSSR count). The number of carbonyl (C=O) groups is 1. The van der Waals surface area contributed by atoms with Crippen molar-refractivity contribution in [2.75, 3.05) is 14.1 Å². The van der Waals surface area contributed by atoms with Crippen LogP contribution in [0.25, 0.3) is 5.78 Å². The van der Waals surface area contributed by atoms with Gasteiger partial charge in [-0.1, -0.05) is 18.2 Å². The van der Waals surface area contributed by atoms with Crippen molar-refractivity contribution in [1.82, 2.24) is 24.0 Å². The summed E-state index contributed by atoms with van der Waals surface area (Å²) >= 11 is 0. The molecule has 1 amide bonds. The van der Waals surface area contributed by atoms with Crippen LogP contribution in [0.3, 0.4) is 0 Å². The van der Waals surface area contributed by atoms with Crippen molar-refractivity contribution in [3.8, 4) is 0 Å². The third-order valence-corrected chi connectivity index (χ3v) is 8.67. The average Bonchev–Trinajstić information content (AvgIpc) is 3.31. The second kappa shape index (κ2) is 8.97. The van der Waals surface area contributed by atoms with Crippen molar-refractivity contribution in [3.63, 3.8) is 0 Å². The number of nitrogens with one attached hydrogen (secondary N) is 1. The van der Waals surface area contributed by atoms with Gasteiger partial charge in [0, 0.05) is 45.4 Å². The highest BCUT2D eigenvalue weighted by molar-refractivity contribution is 7.91. The molecule has 0 saturated heterocycles. The standard InChI is InChI=1S/C22H21N5O5S2/c1-26(2)34(31,32)20-5-3-4-19(12-20)33(29,30)18-8-6-16(7-9-18)13-24-21(28)17-14-25-22-23-10-11-27(22)15-17/h3-12,14-15H,13H2,1-2H3,(H,24,28). The molecule has 0 bridgehead atoms. The molecule has 0 aliphatic carbocycles. The van der Waals surface area contributed by atoms with Gasteiger partial charge in [-0.2, -0.15) is 0 Å². The van der Waals surface area contributed by atoms with Crippen LogP contribution >= 0.6 is 0 Å². The van der Waals surface area contributed by atoms with Gasteiger partial charge in [-0.15, -0.1) is 0 Å². The van der Waals surface area contributed by atoms with Crippen LogP contribution in [-0.2, 0) is 26.4 Å². The van der Waals surface area contributed by atoms with Crippen molar-refractivity contribution in [1.29, 1.82) is 0 Å². The molecule has 0 unspecified atom stereocenters. The van der Waals surface area contributed by atoms with E-state index in [2.05, 4.69) is 15.3 Å². The summed E-state index contributed by atoms with van der Waals surface area (Å²) in [5, 5.41) is 2.76. The molecular formula is C22H21N5O5S2. The van der Waals surface area contributed by atoms with E-state index in [1.165, 1.54) is 50.6 Å². The van der Waals surface area contributed by atoms with Gasteiger partial charge in [-0.25, -0.2) is 31.1 Å². The number of hydrogen-bond donors (Lipinski definition) is 1. The quantitative estimate of drug-likeness (QED) is 0.410. The number of rotatable bonds is 7. The number of nitrogens with zero attached hydrogens (tertiary/aromatic N) is 4. The molecular weight excluding hydrogens is 478 g/mol. The maximum absolute atomic E-state index is 13.0. The van der Waals surface area contributed by atoms with Crippen molar-refractivity contribution in [2.24, 2.45) is 0 Å². The Hall–Kier alpha value is -3.61. The summed E-state index contributed by atoms with van der Waals surface area (Å²) in [5.74, 6) is 0.150. The molecule has 1 N–H and O–H groups in total. The average molecular weight is 500 g/mol. The van der Waals surface area contributed by atoms with E-state index in [1.807, 2.05) is 0 Å². The van der Waals surface area contributed by atoms with Gasteiger partial charge < -0.3 is 5.32 Å². The second-order valence-electron chi connectivity index (χ2n) is 7.57. The topological polar surface area (TPSA) is 131 Å². The highest BCUT2D eigenvalue weighted by Gasteiger charge is 2.23. The molecule has 0 atom stereocenters. The van der Waals surface area contributed by atoms with Gasteiger partial charge in [0.05, 0.1) is 20.2 Å². The van der Waals surface area contributed by atoms with Crippen LogP contribution in [0.15, 0.2) is 88.0 Å². The van der Waals surface area contributed by atoms with Gasteiger partial charge in [0.25, 0.3) is 5.91 Å². The zero-order valence-corrected chi connectivity index (χ0v) is 19.9. The molecule has 2 aromatic carbocycles. The fourth-order valence-corrected chi connectivity index (χ4v) is 5.48. The van der Waals surface area contributed by atoms with E-state index in [1.54, 1.807) is 35.1 Å². The number of imidazole rings is 1. The molecule has 0 spiro atoms. The molecule has 0 aliphatic heterocycles. The predicted octanol–water partition coefficient (Wildman–Crippen LogP) is 1.74. The fraction of sp³-hybridized carbons (Fsp3) is 0.136. The Morgan fingerprint density at radius 3 is 2.38 bits per heavy atom. The first kappa shape index (κ1) is 23.5. The van der Waals surface area contributed by atoms with E-state index < -0.39 is 19.9 Å². The minimum atomic E-state index is -3.94. The highest BCUT2D eigenvalue weighted by Crippen LogP contribution is 2.24. The largest absolute Gasteiger partial charge is 0.348 e. The molecule has 0 fully saturated rings. The van der Waals surface area contributed by atoms with E-state index in [0.717, 1.165) is 10.4 Å². The Morgan fingerprint density at radius 2 is 1.68 bits per heavy atom. The lowest BCUT2D eigenvalue weighted by molar-refractivity contribution is 0.0950. The molecule has 0 aliphatic rings. The third kappa shape index (κ3) is 4.55. The van der Waals surface area contributed by atoms with E-state index in [0.29, 0.717) is 16.9 Å². The molecule has 0 radical (unpaired) electrons. The Kier molecular flexibility index (Phi) is 6.21. The van der Waals surface area contributed by atoms with Gasteiger partial charge >= 0.3 is 0 Å². The van der Waals surface area contributed by atoms with E-state index >= 15 is 0 Å². The highest BCUT2D eigenvalue weighted by atomic mass is 32.2. The fourth-order valence-electron chi connectivity index (χ4n) is 3.15. The molecule has 176 valence electrons. The van der Waals surface area contributed by atoms with E-state index in [4.69, 9.17) is 0 Å². The van der Waals surface area contributed by atoms with Gasteiger partial charge in [-0.3, -0.25) is 9.20 Å². The summed E-state index contributed by atoms with van der Waals surface area (Å²) in [4.78, 5) is 20.3. The zero-order valence-electron chi connectivity index (χ0n) is 18.3. The molecule has 2 heterocycles. The second-order valence-corrected chi connectivity index (χ2v) is 11.7. The SMILES string of the molecule is CN(C)S(=O)(=O)c1cccc(S(=O)(=O)c2ccc(CNC(=O)c3cnc4nccn4c3)cc2)c1. The summed E-state index contributed by atoms with van der Waals surface area (Å²) < 4.78 is 53.4. The number of hydrogen-bond acceptors (Lipinski definition) is 7. The number of fused-ring (bicyclic) bond motifs is 1. The maximum atomic E-state index is 13.0. The molecule has 10 nitrogen and oxygen atoms in total. The smallest absolute Gasteiger partial charge is 0.254 e. The number of sulfone groups is 1. The van der Waals surface area contributed by atoms with Crippen LogP contribution in [0.2, 0.25) is 0 Å². The monoisotopic (exact) mass is 499 g/mol. The summed E-state index contributed by atoms with van der Waals surface area (Å²) in [6, 6.07) is 11.2. The first-order chi connectivity index (χ1) is 16.1. The van der Waals surface area contributed by atoms with Crippen LogP contribution in [0.1, 0.15) is 15.9 Å². The third-order valence-electron chi connectivity index (χ3n) is 5.09. The number of amides is 1. The minimum Gasteiger partial charge on any atom is -0.348 e. The van der Waals surface area contributed by atoms with Crippen LogP contribution in [0, 0.1) is 0 Å². The van der Waals surface area contributed by atoms with Crippen molar-refractivity contribution in [2.45, 2.75) is 21.2 Å². The first-order valence-corrected chi connectivity index (χ1v) is 12.9. The maximum Gasteiger partial charge on any atom is 0.254 e. The summed E-state index contributed by atoms with van der Waals surface area (Å²) in [7, 11) is -4.97. The van der Waals surface area contributed by atoms with Crippen LogP contribution in [0.4, 0.5) is 0 Å². The Labute approximate surface area is 196 Å². The van der Waals surface area contributed by atoms with E-state index in [-0.39, 0.29) is 27.1 Å². The Bertz CT molecular complexity index is 1580. The van der Waals surface area contributed by atoms with Crippen molar-refractivity contribution in [3.05, 3.63) is 84.4 Å². The van der Waals surface area contributed by atoms with Crippen LogP contribution in [0.5, 0.6) is 0 Å². The van der Waals surface area contributed by atoms with Gasteiger partial charge in [-0.05, 0) is 35.9 Å². The normalized spacial score (nSPS) is 12.2. The predicted molar refractivity (Wildman–Crippen MR) is 123 cm³/mol. The molecule has 12 heteroatoms. The van der Waals surface area contributed by atoms with Crippen LogP contribution in [-0.4, -0.2) is 55.5 Å². The Morgan fingerprint density at radius 1 is 0.971 bits per heavy atom. The zero-order chi connectivity index (χ0) is 24.5.